The molecule has 25 heavy (non-hydrogen) atoms. The van der Waals surface area contributed by atoms with E-state index in [4.69, 9.17) is 9.47 Å². The van der Waals surface area contributed by atoms with Gasteiger partial charge in [-0.3, -0.25) is 4.79 Å². The van der Waals surface area contributed by atoms with Crippen LogP contribution in [-0.4, -0.2) is 25.6 Å². The van der Waals surface area contributed by atoms with Gasteiger partial charge in [0.2, 0.25) is 5.91 Å². The largest absolute Gasteiger partial charge is 0.497 e. The molecular weight excluding hydrogens is 318 g/mol. The average molecular weight is 341 g/mol. The van der Waals surface area contributed by atoms with Gasteiger partial charge in [0, 0.05) is 5.69 Å². The minimum absolute atomic E-state index is 0.168. The molecule has 0 atom stereocenters. The van der Waals surface area contributed by atoms with Gasteiger partial charge < -0.3 is 14.8 Å². The predicted molar refractivity (Wildman–Crippen MR) is 97.0 cm³/mol. The molecule has 0 bridgehead atoms. The van der Waals surface area contributed by atoms with Crippen molar-refractivity contribution in [1.29, 1.82) is 0 Å². The summed E-state index contributed by atoms with van der Waals surface area (Å²) in [6.45, 7) is 5.75. The van der Waals surface area contributed by atoms with Crippen LogP contribution < -0.4 is 10.1 Å². The summed E-state index contributed by atoms with van der Waals surface area (Å²) in [6, 6.07) is 14.1. The van der Waals surface area contributed by atoms with Crippen molar-refractivity contribution in [2.45, 2.75) is 26.2 Å². The lowest BCUT2D eigenvalue weighted by molar-refractivity contribution is -0.120. The fourth-order valence-corrected chi connectivity index (χ4v) is 2.36. The van der Waals surface area contributed by atoms with Crippen molar-refractivity contribution >= 4 is 17.6 Å². The second-order valence-electron chi connectivity index (χ2n) is 6.11. The van der Waals surface area contributed by atoms with E-state index in [0.717, 1.165) is 11.3 Å². The highest BCUT2D eigenvalue weighted by atomic mass is 16.5. The second-order valence-corrected chi connectivity index (χ2v) is 6.11. The number of nitrogens with one attached hydrogen (secondary N) is 1. The molecule has 0 spiro atoms. The molecule has 0 aromatic heterocycles. The van der Waals surface area contributed by atoms with Gasteiger partial charge in [0.15, 0.2) is 0 Å². The zero-order chi connectivity index (χ0) is 18.4. The van der Waals surface area contributed by atoms with Crippen LogP contribution in [0.5, 0.6) is 5.75 Å². The van der Waals surface area contributed by atoms with E-state index in [0.29, 0.717) is 17.9 Å². The van der Waals surface area contributed by atoms with Gasteiger partial charge in [-0.05, 0) is 56.7 Å². The van der Waals surface area contributed by atoms with E-state index in [2.05, 4.69) is 5.32 Å². The smallest absolute Gasteiger partial charge is 0.338 e. The van der Waals surface area contributed by atoms with Gasteiger partial charge in [0.05, 0.1) is 24.7 Å². The van der Waals surface area contributed by atoms with Crippen LogP contribution in [-0.2, 0) is 14.9 Å². The summed E-state index contributed by atoms with van der Waals surface area (Å²) in [7, 11) is 1.60. The molecule has 0 fully saturated rings. The number of anilines is 1. The van der Waals surface area contributed by atoms with E-state index in [1.54, 1.807) is 38.3 Å². The Hall–Kier alpha value is -2.82. The molecule has 0 saturated carbocycles. The van der Waals surface area contributed by atoms with Crippen LogP contribution in [0.2, 0.25) is 0 Å². The lowest BCUT2D eigenvalue weighted by Crippen LogP contribution is -2.34. The Labute approximate surface area is 148 Å². The SMILES string of the molecule is CCOC(=O)c1cccc(NC(=O)C(C)(C)c2ccc(OC)cc2)c1. The van der Waals surface area contributed by atoms with Crippen LogP contribution in [0.4, 0.5) is 5.69 Å². The van der Waals surface area contributed by atoms with Crippen molar-refractivity contribution in [3.05, 3.63) is 59.7 Å². The van der Waals surface area contributed by atoms with Crippen molar-refractivity contribution < 1.29 is 19.1 Å². The van der Waals surface area contributed by atoms with Crippen molar-refractivity contribution in [1.82, 2.24) is 0 Å². The summed E-state index contributed by atoms with van der Waals surface area (Å²) in [4.78, 5) is 24.6. The molecule has 5 nitrogen and oxygen atoms in total. The Bertz CT molecular complexity index is 751. The fourth-order valence-electron chi connectivity index (χ4n) is 2.36. The number of hydrogen-bond donors (Lipinski definition) is 1. The third-order valence-electron chi connectivity index (χ3n) is 4.01. The fraction of sp³-hybridized carbons (Fsp3) is 0.300. The first-order chi connectivity index (χ1) is 11.9. The molecule has 0 aliphatic rings. The van der Waals surface area contributed by atoms with Gasteiger partial charge in [-0.1, -0.05) is 18.2 Å². The molecule has 5 heteroatoms. The molecule has 0 saturated heterocycles. The lowest BCUT2D eigenvalue weighted by atomic mass is 9.83. The number of ether oxygens (including phenoxy) is 2. The summed E-state index contributed by atoms with van der Waals surface area (Å²) in [5.74, 6) is 0.161. The molecule has 132 valence electrons. The van der Waals surface area contributed by atoms with Crippen molar-refractivity contribution in [3.8, 4) is 5.75 Å². The molecule has 1 N–H and O–H groups in total. The topological polar surface area (TPSA) is 64.6 Å². The van der Waals surface area contributed by atoms with E-state index in [1.807, 2.05) is 38.1 Å². The van der Waals surface area contributed by atoms with Crippen molar-refractivity contribution in [3.63, 3.8) is 0 Å². The van der Waals surface area contributed by atoms with E-state index >= 15 is 0 Å². The number of esters is 1. The van der Waals surface area contributed by atoms with E-state index in [9.17, 15) is 9.59 Å². The first-order valence-corrected chi connectivity index (χ1v) is 8.11. The zero-order valence-electron chi connectivity index (χ0n) is 15.0. The number of hydrogen-bond acceptors (Lipinski definition) is 4. The van der Waals surface area contributed by atoms with Gasteiger partial charge in [0.1, 0.15) is 5.75 Å². The number of carbonyl (C=O) groups is 2. The average Bonchev–Trinajstić information content (AvgIpc) is 2.62. The highest BCUT2D eigenvalue weighted by Gasteiger charge is 2.30. The lowest BCUT2D eigenvalue weighted by Gasteiger charge is -2.24. The Kier molecular flexibility index (Phi) is 5.80. The van der Waals surface area contributed by atoms with Crippen LogP contribution in [0.15, 0.2) is 48.5 Å². The Balaban J connectivity index is 2.17. The number of carbonyl (C=O) groups excluding carboxylic acids is 2. The van der Waals surface area contributed by atoms with Crippen LogP contribution in [0.1, 0.15) is 36.7 Å². The highest BCUT2D eigenvalue weighted by molar-refractivity contribution is 5.99. The normalized spacial score (nSPS) is 10.9. The summed E-state index contributed by atoms with van der Waals surface area (Å²) in [5, 5.41) is 2.87. The summed E-state index contributed by atoms with van der Waals surface area (Å²) in [5.41, 5.74) is 1.08. The molecule has 2 rings (SSSR count). The number of methoxy groups -OCH3 is 1. The summed E-state index contributed by atoms with van der Waals surface area (Å²) in [6.07, 6.45) is 0. The van der Waals surface area contributed by atoms with Gasteiger partial charge in [0.25, 0.3) is 0 Å². The van der Waals surface area contributed by atoms with Gasteiger partial charge in [-0.25, -0.2) is 4.79 Å². The molecule has 2 aromatic carbocycles. The molecular formula is C20H23NO4. The number of benzene rings is 2. The highest BCUT2D eigenvalue weighted by Crippen LogP contribution is 2.27. The first-order valence-electron chi connectivity index (χ1n) is 8.11. The maximum Gasteiger partial charge on any atom is 0.338 e. The number of rotatable bonds is 6. The van der Waals surface area contributed by atoms with Gasteiger partial charge in [-0.2, -0.15) is 0 Å². The van der Waals surface area contributed by atoms with Crippen molar-refractivity contribution in [2.24, 2.45) is 0 Å². The standard InChI is InChI=1S/C20H23NO4/c1-5-25-18(22)14-7-6-8-16(13-14)21-19(23)20(2,3)15-9-11-17(24-4)12-10-15/h6-13H,5H2,1-4H3,(H,21,23). The summed E-state index contributed by atoms with van der Waals surface area (Å²) < 4.78 is 10.1. The minimum atomic E-state index is -0.744. The Morgan fingerprint density at radius 2 is 1.76 bits per heavy atom. The maximum atomic E-state index is 12.7. The monoisotopic (exact) mass is 341 g/mol. The van der Waals surface area contributed by atoms with Crippen LogP contribution in [0.3, 0.4) is 0 Å². The predicted octanol–water partition coefficient (Wildman–Crippen LogP) is 3.79. The summed E-state index contributed by atoms with van der Waals surface area (Å²) >= 11 is 0. The first kappa shape index (κ1) is 18.5. The van der Waals surface area contributed by atoms with Gasteiger partial charge in [-0.15, -0.1) is 0 Å². The van der Waals surface area contributed by atoms with E-state index in [1.165, 1.54) is 0 Å². The molecule has 0 unspecified atom stereocenters. The van der Waals surface area contributed by atoms with Crippen molar-refractivity contribution in [2.75, 3.05) is 19.0 Å². The maximum absolute atomic E-state index is 12.7. The second kappa shape index (κ2) is 7.83. The quantitative estimate of drug-likeness (QED) is 0.812. The molecule has 0 aliphatic heterocycles. The molecule has 0 aliphatic carbocycles. The third-order valence-corrected chi connectivity index (χ3v) is 4.01. The van der Waals surface area contributed by atoms with E-state index in [-0.39, 0.29) is 5.91 Å². The van der Waals surface area contributed by atoms with Crippen LogP contribution in [0, 0.1) is 0 Å². The molecule has 2 aromatic rings. The van der Waals surface area contributed by atoms with Crippen LogP contribution >= 0.6 is 0 Å². The van der Waals surface area contributed by atoms with E-state index < -0.39 is 11.4 Å². The van der Waals surface area contributed by atoms with Gasteiger partial charge >= 0.3 is 5.97 Å². The zero-order valence-corrected chi connectivity index (χ0v) is 15.0. The number of amides is 1. The third kappa shape index (κ3) is 4.38. The molecule has 0 heterocycles. The Morgan fingerprint density at radius 1 is 1.08 bits per heavy atom. The Morgan fingerprint density at radius 3 is 2.36 bits per heavy atom. The molecule has 1 amide bonds. The molecule has 0 radical (unpaired) electrons. The minimum Gasteiger partial charge on any atom is -0.497 e. The van der Waals surface area contributed by atoms with Crippen LogP contribution in [0.25, 0.3) is 0 Å².